The molecule has 0 saturated carbocycles. The van der Waals surface area contributed by atoms with Gasteiger partial charge in [-0.15, -0.1) is 0 Å². The van der Waals surface area contributed by atoms with E-state index in [0.717, 1.165) is 18.2 Å². The number of carbonyl (C=O) groups is 1. The highest BCUT2D eigenvalue weighted by Gasteiger charge is 2.22. The summed E-state index contributed by atoms with van der Waals surface area (Å²) < 4.78 is 41.0. The molecule has 27 heavy (non-hydrogen) atoms. The molecule has 0 aliphatic rings. The Morgan fingerprint density at radius 3 is 2.30 bits per heavy atom. The third-order valence-corrected chi connectivity index (χ3v) is 4.75. The molecular weight excluding hydrogens is 357 g/mol. The van der Waals surface area contributed by atoms with Crippen LogP contribution < -0.4 is 5.56 Å². The molecule has 7 heteroatoms. The molecular formula is C20H17F3N2O2. The van der Waals surface area contributed by atoms with Gasteiger partial charge in [-0.1, -0.05) is 6.07 Å². The average molecular weight is 374 g/mol. The van der Waals surface area contributed by atoms with E-state index in [4.69, 9.17) is 0 Å². The maximum Gasteiger partial charge on any atom is 0.255 e. The van der Waals surface area contributed by atoms with Gasteiger partial charge in [0.05, 0.1) is 11.4 Å². The van der Waals surface area contributed by atoms with E-state index in [1.165, 1.54) is 30.3 Å². The molecule has 1 N–H and O–H groups in total. The quantitative estimate of drug-likeness (QED) is 0.751. The van der Waals surface area contributed by atoms with Crippen LogP contribution >= 0.6 is 0 Å². The summed E-state index contributed by atoms with van der Waals surface area (Å²) in [6.45, 7) is 3.27. The number of rotatable bonds is 3. The molecule has 3 aromatic rings. The van der Waals surface area contributed by atoms with Crippen molar-refractivity contribution in [1.29, 1.82) is 0 Å². The molecule has 1 aromatic heterocycles. The first kappa shape index (κ1) is 18.7. The first-order valence-corrected chi connectivity index (χ1v) is 8.24. The third-order valence-electron chi connectivity index (χ3n) is 4.75. The van der Waals surface area contributed by atoms with E-state index in [0.29, 0.717) is 11.1 Å². The molecule has 0 spiro atoms. The van der Waals surface area contributed by atoms with Crippen molar-refractivity contribution < 1.29 is 18.0 Å². The number of aryl methyl sites for hydroxylation is 1. The number of fused-ring (bicyclic) bond motifs is 1. The van der Waals surface area contributed by atoms with E-state index >= 15 is 0 Å². The van der Waals surface area contributed by atoms with Gasteiger partial charge in [0.25, 0.3) is 11.5 Å². The fraction of sp³-hybridized carbons (Fsp3) is 0.200. The molecule has 0 aliphatic carbocycles. The second-order valence-corrected chi connectivity index (χ2v) is 6.44. The fourth-order valence-corrected chi connectivity index (χ4v) is 2.93. The molecule has 2 aromatic carbocycles. The Kier molecular flexibility index (Phi) is 4.78. The first-order chi connectivity index (χ1) is 12.7. The van der Waals surface area contributed by atoms with E-state index in [2.05, 4.69) is 4.98 Å². The Labute approximate surface area is 153 Å². The summed E-state index contributed by atoms with van der Waals surface area (Å²) in [7, 11) is 1.52. The summed E-state index contributed by atoms with van der Waals surface area (Å²) in [5.41, 5.74) is 0.464. The van der Waals surface area contributed by atoms with Crippen LogP contribution in [-0.4, -0.2) is 22.8 Å². The molecule has 0 bridgehead atoms. The van der Waals surface area contributed by atoms with Crippen molar-refractivity contribution in [2.45, 2.75) is 19.9 Å². The van der Waals surface area contributed by atoms with Gasteiger partial charge in [-0.3, -0.25) is 9.59 Å². The van der Waals surface area contributed by atoms with E-state index in [-0.39, 0.29) is 16.3 Å². The highest BCUT2D eigenvalue weighted by atomic mass is 19.2. The Bertz CT molecular complexity index is 1110. The minimum Gasteiger partial charge on any atom is -0.335 e. The summed E-state index contributed by atoms with van der Waals surface area (Å²) in [6.07, 6.45) is 1.37. The number of aromatic amines is 1. The zero-order valence-corrected chi connectivity index (χ0v) is 14.9. The lowest BCUT2D eigenvalue weighted by molar-refractivity contribution is 0.0743. The number of H-pyrrole nitrogens is 1. The van der Waals surface area contributed by atoms with Gasteiger partial charge in [0.2, 0.25) is 0 Å². The van der Waals surface area contributed by atoms with Gasteiger partial charge in [0.1, 0.15) is 5.82 Å². The second-order valence-electron chi connectivity index (χ2n) is 6.44. The maximum absolute atomic E-state index is 13.8. The summed E-state index contributed by atoms with van der Waals surface area (Å²) in [6, 6.07) is 5.36. The van der Waals surface area contributed by atoms with Crippen LogP contribution in [0, 0.1) is 24.4 Å². The van der Waals surface area contributed by atoms with Crippen molar-refractivity contribution in [3.05, 3.63) is 81.0 Å². The average Bonchev–Trinajstić information content (AvgIpc) is 2.64. The molecule has 4 nitrogen and oxygen atoms in total. The van der Waals surface area contributed by atoms with Gasteiger partial charge in [-0.05, 0) is 54.6 Å². The number of nitrogens with one attached hydrogen (secondary N) is 1. The van der Waals surface area contributed by atoms with Crippen molar-refractivity contribution in [3.63, 3.8) is 0 Å². The molecule has 1 amide bonds. The van der Waals surface area contributed by atoms with Gasteiger partial charge in [0, 0.05) is 18.8 Å². The Morgan fingerprint density at radius 1 is 1.04 bits per heavy atom. The molecule has 1 heterocycles. The molecule has 3 rings (SSSR count). The number of hydrogen-bond acceptors (Lipinski definition) is 2. The standard InChI is InChI=1S/C20H17F3N2O2/c1-10-4-5-12(6-16(10)21)20(27)25(3)11(2)15-9-24-19(26)14-8-18(23)17(22)7-13(14)15/h4-9,11H,1-3H3,(H,24,26). The maximum atomic E-state index is 13.8. The lowest BCUT2D eigenvalue weighted by atomic mass is 10.0. The van der Waals surface area contributed by atoms with Crippen LogP contribution in [0.4, 0.5) is 13.2 Å². The van der Waals surface area contributed by atoms with Gasteiger partial charge >= 0.3 is 0 Å². The summed E-state index contributed by atoms with van der Waals surface area (Å²) in [5, 5.41) is 0.195. The monoisotopic (exact) mass is 374 g/mol. The number of hydrogen-bond donors (Lipinski definition) is 1. The van der Waals surface area contributed by atoms with Crippen LogP contribution in [0.2, 0.25) is 0 Å². The molecule has 0 fully saturated rings. The molecule has 0 saturated heterocycles. The van der Waals surface area contributed by atoms with Crippen molar-refractivity contribution in [2.75, 3.05) is 7.05 Å². The van der Waals surface area contributed by atoms with E-state index in [1.807, 2.05) is 0 Å². The number of aromatic nitrogens is 1. The number of carbonyl (C=O) groups excluding carboxylic acids is 1. The van der Waals surface area contributed by atoms with Gasteiger partial charge < -0.3 is 9.88 Å². The smallest absolute Gasteiger partial charge is 0.255 e. The van der Waals surface area contributed by atoms with Crippen LogP contribution in [0.1, 0.15) is 34.5 Å². The zero-order chi connectivity index (χ0) is 19.9. The Balaban J connectivity index is 2.04. The molecule has 0 aliphatic heterocycles. The van der Waals surface area contributed by atoms with Crippen LogP contribution in [0.3, 0.4) is 0 Å². The molecule has 0 radical (unpaired) electrons. The predicted molar refractivity (Wildman–Crippen MR) is 96.1 cm³/mol. The number of benzene rings is 2. The number of amides is 1. The van der Waals surface area contributed by atoms with Crippen LogP contribution in [0.5, 0.6) is 0 Å². The minimum absolute atomic E-state index is 0.0134. The van der Waals surface area contributed by atoms with E-state index < -0.39 is 35.0 Å². The van der Waals surface area contributed by atoms with Crippen molar-refractivity contribution in [2.24, 2.45) is 0 Å². The normalized spacial score (nSPS) is 12.2. The van der Waals surface area contributed by atoms with Crippen LogP contribution in [0.25, 0.3) is 10.8 Å². The summed E-state index contributed by atoms with van der Waals surface area (Å²) in [5.74, 6) is -3.15. The summed E-state index contributed by atoms with van der Waals surface area (Å²) >= 11 is 0. The lowest BCUT2D eigenvalue weighted by Gasteiger charge is -2.26. The highest BCUT2D eigenvalue weighted by Crippen LogP contribution is 2.28. The molecule has 140 valence electrons. The SMILES string of the molecule is Cc1ccc(C(=O)N(C)C(C)c2c[nH]c(=O)c3cc(F)c(F)cc23)cc1F. The topological polar surface area (TPSA) is 53.2 Å². The number of pyridine rings is 1. The third kappa shape index (κ3) is 3.32. The van der Waals surface area contributed by atoms with Crippen LogP contribution in [-0.2, 0) is 0 Å². The van der Waals surface area contributed by atoms with Crippen molar-refractivity contribution >= 4 is 16.7 Å². The minimum atomic E-state index is -1.13. The fourth-order valence-electron chi connectivity index (χ4n) is 2.93. The molecule has 1 atom stereocenters. The number of nitrogens with zero attached hydrogens (tertiary/aromatic N) is 1. The second kappa shape index (κ2) is 6.90. The largest absolute Gasteiger partial charge is 0.335 e. The lowest BCUT2D eigenvalue weighted by Crippen LogP contribution is -2.30. The zero-order valence-electron chi connectivity index (χ0n) is 14.9. The van der Waals surface area contributed by atoms with Crippen molar-refractivity contribution in [1.82, 2.24) is 9.88 Å². The van der Waals surface area contributed by atoms with Crippen LogP contribution in [0.15, 0.2) is 41.3 Å². The van der Waals surface area contributed by atoms with E-state index in [1.54, 1.807) is 13.8 Å². The van der Waals surface area contributed by atoms with Crippen molar-refractivity contribution in [3.8, 4) is 0 Å². The Morgan fingerprint density at radius 2 is 1.67 bits per heavy atom. The van der Waals surface area contributed by atoms with Gasteiger partial charge in [-0.2, -0.15) is 0 Å². The highest BCUT2D eigenvalue weighted by molar-refractivity contribution is 5.95. The van der Waals surface area contributed by atoms with E-state index in [9.17, 15) is 22.8 Å². The Hall–Kier alpha value is -3.09. The number of halogens is 3. The summed E-state index contributed by atoms with van der Waals surface area (Å²) in [4.78, 5) is 28.5. The van der Waals surface area contributed by atoms with Gasteiger partial charge in [-0.25, -0.2) is 13.2 Å². The first-order valence-electron chi connectivity index (χ1n) is 8.24. The predicted octanol–water partition coefficient (Wildman–Crippen LogP) is 4.09. The molecule has 1 unspecified atom stereocenters. The van der Waals surface area contributed by atoms with Gasteiger partial charge in [0.15, 0.2) is 11.6 Å².